The Morgan fingerprint density at radius 2 is 1.19 bits per heavy atom. The van der Waals surface area contributed by atoms with E-state index in [0.29, 0.717) is 0 Å². The third-order valence-corrected chi connectivity index (χ3v) is 7.64. The van der Waals surface area contributed by atoms with Crippen molar-refractivity contribution in [2.24, 2.45) is 0 Å². The van der Waals surface area contributed by atoms with Crippen molar-refractivity contribution in [2.45, 2.75) is 9.79 Å². The highest BCUT2D eigenvalue weighted by molar-refractivity contribution is 7.99. The van der Waals surface area contributed by atoms with Gasteiger partial charge >= 0.3 is 0 Å². The van der Waals surface area contributed by atoms with Gasteiger partial charge in [-0.05, 0) is 53.6 Å². The van der Waals surface area contributed by atoms with Gasteiger partial charge in [0.1, 0.15) is 0 Å². The van der Waals surface area contributed by atoms with Crippen LogP contribution in [0, 0.1) is 0 Å². The van der Waals surface area contributed by atoms with Crippen molar-refractivity contribution in [1.29, 1.82) is 0 Å². The van der Waals surface area contributed by atoms with Gasteiger partial charge in [-0.15, -0.1) is 0 Å². The lowest BCUT2D eigenvalue weighted by molar-refractivity contribution is 1.17. The van der Waals surface area contributed by atoms with E-state index in [-0.39, 0.29) is 0 Å². The van der Waals surface area contributed by atoms with Crippen LogP contribution in [0.3, 0.4) is 0 Å². The van der Waals surface area contributed by atoms with Crippen molar-refractivity contribution in [2.75, 3.05) is 4.90 Å². The van der Waals surface area contributed by atoms with Crippen LogP contribution in [0.1, 0.15) is 0 Å². The predicted molar refractivity (Wildman–Crippen MR) is 149 cm³/mol. The zero-order chi connectivity index (χ0) is 23.9. The Labute approximate surface area is 214 Å². The molecule has 7 rings (SSSR count). The average Bonchev–Trinajstić information content (AvgIpc) is 2.96. The van der Waals surface area contributed by atoms with Crippen molar-refractivity contribution in [3.05, 3.63) is 128 Å². The minimum Gasteiger partial charge on any atom is -0.308 e. The van der Waals surface area contributed by atoms with E-state index >= 15 is 0 Å². The first-order chi connectivity index (χ1) is 17.8. The molecule has 1 aliphatic heterocycles. The number of hydrogen-bond acceptors (Lipinski definition) is 4. The molecule has 0 radical (unpaired) electrons. The van der Waals surface area contributed by atoms with Crippen molar-refractivity contribution >= 4 is 39.7 Å². The second-order valence-electron chi connectivity index (χ2n) is 8.75. The maximum Gasteiger partial charge on any atom is 0.159 e. The maximum absolute atomic E-state index is 4.85. The summed E-state index contributed by atoms with van der Waals surface area (Å²) in [5, 5.41) is 1.04. The van der Waals surface area contributed by atoms with Gasteiger partial charge in [-0.3, -0.25) is 0 Å². The molecular weight excluding hydrogens is 458 g/mol. The van der Waals surface area contributed by atoms with Gasteiger partial charge in [0.2, 0.25) is 0 Å². The highest BCUT2D eigenvalue weighted by Gasteiger charge is 2.24. The first kappa shape index (κ1) is 20.9. The fourth-order valence-corrected chi connectivity index (χ4v) is 5.77. The summed E-state index contributed by atoms with van der Waals surface area (Å²) in [5.74, 6) is 0.746. The van der Waals surface area contributed by atoms with Gasteiger partial charge in [0.05, 0.1) is 16.9 Å². The molecule has 6 aromatic rings. The Hall–Kier alpha value is -4.41. The molecule has 0 aliphatic carbocycles. The van der Waals surface area contributed by atoms with Gasteiger partial charge in [0, 0.05) is 32.6 Å². The molecule has 0 atom stereocenters. The lowest BCUT2D eigenvalue weighted by Crippen LogP contribution is -2.14. The van der Waals surface area contributed by atoms with Gasteiger partial charge in [-0.25, -0.2) is 9.97 Å². The van der Waals surface area contributed by atoms with Crippen molar-refractivity contribution in [1.82, 2.24) is 9.97 Å². The number of rotatable bonds is 3. The van der Waals surface area contributed by atoms with Crippen LogP contribution in [0.4, 0.5) is 17.1 Å². The van der Waals surface area contributed by atoms with Gasteiger partial charge < -0.3 is 4.90 Å². The largest absolute Gasteiger partial charge is 0.308 e. The lowest BCUT2D eigenvalue weighted by atomic mass is 10.0. The summed E-state index contributed by atoms with van der Waals surface area (Å²) in [7, 11) is 0. The standard InChI is InChI=1S/C32H21N3S/c1-2-8-23(9-3-1)32-33-21-25-15-14-24(20-27(25)34-32)22-16-18-26(19-17-22)35-28-10-4-6-12-30(28)36-31-13-7-5-11-29(31)35/h1-21H. The summed E-state index contributed by atoms with van der Waals surface area (Å²) in [6.07, 6.45) is 1.90. The van der Waals surface area contributed by atoms with E-state index in [2.05, 4.69) is 101 Å². The van der Waals surface area contributed by atoms with Crippen molar-refractivity contribution < 1.29 is 0 Å². The molecular formula is C32H21N3S. The van der Waals surface area contributed by atoms with E-state index in [1.54, 1.807) is 0 Å². The SMILES string of the molecule is c1ccc(-c2ncc3ccc(-c4ccc(N5c6ccccc6Sc6ccccc65)cc4)cc3n2)cc1. The molecule has 170 valence electrons. The lowest BCUT2D eigenvalue weighted by Gasteiger charge is -2.32. The van der Waals surface area contributed by atoms with E-state index < -0.39 is 0 Å². The number of fused-ring (bicyclic) bond motifs is 3. The molecule has 5 aromatic carbocycles. The van der Waals surface area contributed by atoms with Crippen LogP contribution < -0.4 is 4.90 Å². The predicted octanol–water partition coefficient (Wildman–Crippen LogP) is 8.90. The number of anilines is 3. The summed E-state index contributed by atoms with van der Waals surface area (Å²) in [5.41, 5.74) is 7.84. The molecule has 3 nitrogen and oxygen atoms in total. The Morgan fingerprint density at radius 1 is 0.556 bits per heavy atom. The zero-order valence-electron chi connectivity index (χ0n) is 19.4. The van der Waals surface area contributed by atoms with Crippen LogP contribution in [0.15, 0.2) is 137 Å². The third kappa shape index (κ3) is 3.63. The molecule has 36 heavy (non-hydrogen) atoms. The molecule has 2 heterocycles. The molecule has 0 saturated heterocycles. The topological polar surface area (TPSA) is 29.0 Å². The second kappa shape index (κ2) is 8.67. The van der Waals surface area contributed by atoms with Crippen LogP contribution in [0.5, 0.6) is 0 Å². The van der Waals surface area contributed by atoms with Crippen molar-refractivity contribution in [3.63, 3.8) is 0 Å². The van der Waals surface area contributed by atoms with E-state index in [4.69, 9.17) is 4.98 Å². The minimum atomic E-state index is 0.746. The van der Waals surface area contributed by atoms with E-state index in [9.17, 15) is 0 Å². The molecule has 0 saturated carbocycles. The van der Waals surface area contributed by atoms with Crippen molar-refractivity contribution in [3.8, 4) is 22.5 Å². The monoisotopic (exact) mass is 479 g/mol. The Kier molecular flexibility index (Phi) is 5.04. The van der Waals surface area contributed by atoms with Crippen LogP contribution in [-0.2, 0) is 0 Å². The molecule has 0 amide bonds. The quantitative estimate of drug-likeness (QED) is 0.253. The normalized spacial score (nSPS) is 12.3. The van der Waals surface area contributed by atoms with Gasteiger partial charge in [-0.1, -0.05) is 90.6 Å². The summed E-state index contributed by atoms with van der Waals surface area (Å²) in [6, 6.07) is 42.5. The van der Waals surface area contributed by atoms with E-state index in [0.717, 1.165) is 39.1 Å². The molecule has 0 unspecified atom stereocenters. The molecule has 1 aliphatic rings. The summed E-state index contributed by atoms with van der Waals surface area (Å²) >= 11 is 1.83. The molecule has 4 heteroatoms. The third-order valence-electron chi connectivity index (χ3n) is 6.51. The molecule has 0 bridgehead atoms. The number of aromatic nitrogens is 2. The highest BCUT2D eigenvalue weighted by atomic mass is 32.2. The Balaban J connectivity index is 1.27. The molecule has 0 fully saturated rings. The minimum absolute atomic E-state index is 0.746. The smallest absolute Gasteiger partial charge is 0.159 e. The first-order valence-electron chi connectivity index (χ1n) is 11.9. The second-order valence-corrected chi connectivity index (χ2v) is 9.84. The summed E-state index contributed by atoms with van der Waals surface area (Å²) in [6.45, 7) is 0. The molecule has 0 N–H and O–H groups in total. The number of benzene rings is 5. The average molecular weight is 480 g/mol. The highest BCUT2D eigenvalue weighted by Crippen LogP contribution is 2.51. The Morgan fingerprint density at radius 3 is 1.92 bits per heavy atom. The van der Waals surface area contributed by atoms with Crippen LogP contribution in [0.25, 0.3) is 33.4 Å². The van der Waals surface area contributed by atoms with Crippen LogP contribution in [-0.4, -0.2) is 9.97 Å². The number of nitrogens with zero attached hydrogens (tertiary/aromatic N) is 3. The van der Waals surface area contributed by atoms with E-state index in [1.165, 1.54) is 21.2 Å². The fourth-order valence-electron chi connectivity index (χ4n) is 4.71. The van der Waals surface area contributed by atoms with Gasteiger partial charge in [-0.2, -0.15) is 0 Å². The summed E-state index contributed by atoms with van der Waals surface area (Å²) < 4.78 is 0. The first-order valence-corrected chi connectivity index (χ1v) is 12.7. The van der Waals surface area contributed by atoms with E-state index in [1.807, 2.05) is 48.3 Å². The summed E-state index contributed by atoms with van der Waals surface area (Å²) in [4.78, 5) is 14.3. The number of hydrogen-bond donors (Lipinski definition) is 0. The zero-order valence-corrected chi connectivity index (χ0v) is 20.2. The maximum atomic E-state index is 4.85. The fraction of sp³-hybridized carbons (Fsp3) is 0. The van der Waals surface area contributed by atoms with Crippen LogP contribution >= 0.6 is 11.8 Å². The molecule has 1 aromatic heterocycles. The van der Waals surface area contributed by atoms with Crippen LogP contribution in [0.2, 0.25) is 0 Å². The van der Waals surface area contributed by atoms with Gasteiger partial charge in [0.25, 0.3) is 0 Å². The number of para-hydroxylation sites is 2. The Bertz CT molecular complexity index is 1670. The molecule has 0 spiro atoms. The van der Waals surface area contributed by atoms with Gasteiger partial charge in [0.15, 0.2) is 5.82 Å².